The maximum atomic E-state index is 7.18. The maximum absolute atomic E-state index is 7.18. The number of hydrogen-bond donors (Lipinski definition) is 1. The van der Waals surface area contributed by atoms with Crippen LogP contribution in [0.3, 0.4) is 0 Å². The first kappa shape index (κ1) is 15.7. The fraction of sp³-hybridized carbons (Fsp3) is 0. The Morgan fingerprint density at radius 2 is 1.60 bits per heavy atom. The molecule has 0 aliphatic rings. The van der Waals surface area contributed by atoms with Gasteiger partial charge in [-0.1, -0.05) is 12.6 Å². The topological polar surface area (TPSA) is 23.8 Å². The van der Waals surface area contributed by atoms with Gasteiger partial charge in [-0.3, -0.25) is 0 Å². The number of nitrogens with zero attached hydrogens (tertiary/aromatic N) is 1. The first-order valence-electron chi connectivity index (χ1n) is 0.447. The molecule has 0 rings (SSSR count). The van der Waals surface area contributed by atoms with Crippen molar-refractivity contribution < 1.29 is 22.4 Å². The summed E-state index contributed by atoms with van der Waals surface area (Å²) in [6.07, 6.45) is 0. The SMILES string of the molecule is N#CS.[Au].[KH]. The van der Waals surface area contributed by atoms with E-state index in [9.17, 15) is 0 Å². The molecular formula is CH2AuKNS. The van der Waals surface area contributed by atoms with Gasteiger partial charge in [-0.25, -0.2) is 0 Å². The Bertz CT molecular complexity index is 33.1. The third-order valence-electron chi connectivity index (χ3n) is 0. The second-order valence-electron chi connectivity index (χ2n) is 0.100. The van der Waals surface area contributed by atoms with Crippen LogP contribution in [0.25, 0.3) is 0 Å². The predicted molar refractivity (Wildman–Crippen MR) is 21.7 cm³/mol. The zero-order chi connectivity index (χ0) is 2.71. The molecule has 0 saturated carbocycles. The van der Waals surface area contributed by atoms with Crippen molar-refractivity contribution in [1.82, 2.24) is 0 Å². The Labute approximate surface area is 94.8 Å². The molecule has 4 heteroatoms. The molecule has 5 heavy (non-hydrogen) atoms. The van der Waals surface area contributed by atoms with Crippen molar-refractivity contribution in [2.24, 2.45) is 0 Å². The van der Waals surface area contributed by atoms with Crippen molar-refractivity contribution in [2.75, 3.05) is 0 Å². The van der Waals surface area contributed by atoms with Gasteiger partial charge in [-0.05, 0) is 0 Å². The predicted octanol–water partition coefficient (Wildman–Crippen LogP) is -0.254. The van der Waals surface area contributed by atoms with E-state index in [1.165, 1.54) is 5.40 Å². The first-order chi connectivity index (χ1) is 1.41. The summed E-state index contributed by atoms with van der Waals surface area (Å²) in [7, 11) is 0. The van der Waals surface area contributed by atoms with Crippen LogP contribution in [-0.4, -0.2) is 51.4 Å². The van der Waals surface area contributed by atoms with Crippen LogP contribution < -0.4 is 0 Å². The number of rotatable bonds is 0. The third kappa shape index (κ3) is 22.5. The monoisotopic (exact) mass is 296 g/mol. The standard InChI is InChI=1S/CHNS.Au.K.H/c2-1-3;;;/h3H;;;. The van der Waals surface area contributed by atoms with Gasteiger partial charge in [0.1, 0.15) is 5.40 Å². The van der Waals surface area contributed by atoms with Gasteiger partial charge in [0, 0.05) is 22.4 Å². The van der Waals surface area contributed by atoms with Crippen LogP contribution >= 0.6 is 12.6 Å². The zero-order valence-corrected chi connectivity index (χ0v) is 4.76. The normalized spacial score (nSPS) is 1.60. The molecule has 0 aromatic rings. The van der Waals surface area contributed by atoms with Crippen LogP contribution in [0.2, 0.25) is 0 Å². The molecule has 0 atom stereocenters. The van der Waals surface area contributed by atoms with Gasteiger partial charge in [-0.2, -0.15) is 5.26 Å². The van der Waals surface area contributed by atoms with Crippen molar-refractivity contribution in [3.05, 3.63) is 0 Å². The average molecular weight is 296 g/mol. The summed E-state index contributed by atoms with van der Waals surface area (Å²) in [6.45, 7) is 0. The van der Waals surface area contributed by atoms with Crippen molar-refractivity contribution >= 4 is 64.0 Å². The second kappa shape index (κ2) is 16.4. The molecule has 0 heterocycles. The van der Waals surface area contributed by atoms with Gasteiger partial charge in [0.05, 0.1) is 0 Å². The minimum atomic E-state index is 0. The van der Waals surface area contributed by atoms with Crippen molar-refractivity contribution in [3.8, 4) is 5.40 Å². The molecule has 0 aliphatic heterocycles. The van der Waals surface area contributed by atoms with E-state index in [-0.39, 0.29) is 73.8 Å². The number of nitriles is 1. The molecule has 0 saturated heterocycles. The summed E-state index contributed by atoms with van der Waals surface area (Å²) >= 11 is 3.09. The quantitative estimate of drug-likeness (QED) is 0.372. The Kier molecular flexibility index (Phi) is 51.3. The van der Waals surface area contributed by atoms with Crippen LogP contribution in [0.15, 0.2) is 0 Å². The van der Waals surface area contributed by atoms with E-state index in [0.717, 1.165) is 0 Å². The van der Waals surface area contributed by atoms with E-state index >= 15 is 0 Å². The van der Waals surface area contributed by atoms with E-state index in [1.807, 2.05) is 0 Å². The van der Waals surface area contributed by atoms with E-state index in [1.54, 1.807) is 0 Å². The number of thiocyanates is 1. The number of thiol groups is 1. The molecule has 0 aliphatic carbocycles. The van der Waals surface area contributed by atoms with Crippen LogP contribution in [0.4, 0.5) is 0 Å². The van der Waals surface area contributed by atoms with Gasteiger partial charge >= 0.3 is 51.4 Å². The molecule has 0 fully saturated rings. The van der Waals surface area contributed by atoms with E-state index in [4.69, 9.17) is 5.26 Å². The minimum absolute atomic E-state index is 0. The summed E-state index contributed by atoms with van der Waals surface area (Å²) in [4.78, 5) is 0. The van der Waals surface area contributed by atoms with Crippen molar-refractivity contribution in [2.45, 2.75) is 0 Å². The molecule has 0 aromatic carbocycles. The van der Waals surface area contributed by atoms with Gasteiger partial charge in [0.25, 0.3) is 0 Å². The fourth-order valence-corrected chi connectivity index (χ4v) is 0. The summed E-state index contributed by atoms with van der Waals surface area (Å²) in [5.41, 5.74) is 0. The summed E-state index contributed by atoms with van der Waals surface area (Å²) in [5, 5.41) is 8.63. The van der Waals surface area contributed by atoms with Gasteiger partial charge in [0.2, 0.25) is 0 Å². The van der Waals surface area contributed by atoms with E-state index in [2.05, 4.69) is 12.6 Å². The molecule has 1 nitrogen and oxygen atoms in total. The van der Waals surface area contributed by atoms with Crippen molar-refractivity contribution in [1.29, 1.82) is 5.26 Å². The van der Waals surface area contributed by atoms with Gasteiger partial charge in [0.15, 0.2) is 0 Å². The molecule has 0 aromatic heterocycles. The van der Waals surface area contributed by atoms with Crippen LogP contribution in [0.5, 0.6) is 0 Å². The summed E-state index contributed by atoms with van der Waals surface area (Å²) < 4.78 is 0. The van der Waals surface area contributed by atoms with Crippen LogP contribution in [0, 0.1) is 10.7 Å². The molecule has 0 unspecified atom stereocenters. The van der Waals surface area contributed by atoms with Crippen LogP contribution in [0.1, 0.15) is 0 Å². The Morgan fingerprint density at radius 1 is 1.60 bits per heavy atom. The Balaban J connectivity index is -0.0000000200. The fourth-order valence-electron chi connectivity index (χ4n) is 0. The number of hydrogen-bond acceptors (Lipinski definition) is 2. The zero-order valence-electron chi connectivity index (χ0n) is 1.70. The molecule has 0 amide bonds. The average Bonchev–Trinajstić information content (AvgIpc) is 0.918. The molecule has 1 radical (unpaired) electrons. The van der Waals surface area contributed by atoms with Gasteiger partial charge < -0.3 is 0 Å². The molecule has 0 spiro atoms. The van der Waals surface area contributed by atoms with E-state index in [0.29, 0.717) is 0 Å². The Hall–Kier alpha value is 2.22. The van der Waals surface area contributed by atoms with Gasteiger partial charge in [-0.15, -0.1) is 0 Å². The summed E-state index contributed by atoms with van der Waals surface area (Å²) in [5.74, 6) is 0. The summed E-state index contributed by atoms with van der Waals surface area (Å²) in [6, 6.07) is 0. The van der Waals surface area contributed by atoms with E-state index < -0.39 is 0 Å². The third-order valence-corrected chi connectivity index (χ3v) is 0. The second-order valence-corrected chi connectivity index (χ2v) is 0.300. The molecule has 29 valence electrons. The van der Waals surface area contributed by atoms with Crippen LogP contribution in [-0.2, 0) is 22.4 Å². The molecular weight excluding hydrogens is 294 g/mol. The first-order valence-corrected chi connectivity index (χ1v) is 0.894. The van der Waals surface area contributed by atoms with Crippen molar-refractivity contribution in [3.63, 3.8) is 0 Å². The Morgan fingerprint density at radius 3 is 1.60 bits per heavy atom. The molecule has 0 bridgehead atoms. The molecule has 0 N–H and O–H groups in total.